The molecule has 9 nitrogen and oxygen atoms in total. The quantitative estimate of drug-likeness (QED) is 0.123. The van der Waals surface area contributed by atoms with Gasteiger partial charge in [0.05, 0.1) is 19.3 Å². The van der Waals surface area contributed by atoms with Crippen LogP contribution in [-0.4, -0.2) is 31.5 Å². The van der Waals surface area contributed by atoms with Gasteiger partial charge in [-0.05, 0) is 24.5 Å². The van der Waals surface area contributed by atoms with E-state index in [1.807, 2.05) is 48.5 Å². The Morgan fingerprint density at radius 3 is 1.47 bits per heavy atom. The molecule has 0 bridgehead atoms. The summed E-state index contributed by atoms with van der Waals surface area (Å²) in [6.07, 6.45) is 1.05. The molecule has 0 spiro atoms. The number of ether oxygens (including phenoxy) is 2. The fourth-order valence-corrected chi connectivity index (χ4v) is 3.47. The summed E-state index contributed by atoms with van der Waals surface area (Å²) in [4.78, 5) is 0. The van der Waals surface area contributed by atoms with E-state index in [-0.39, 0.29) is 39.7 Å². The summed E-state index contributed by atoms with van der Waals surface area (Å²) in [5.41, 5.74) is 4.49. The summed E-state index contributed by atoms with van der Waals surface area (Å²) >= 11 is 0. The maximum Gasteiger partial charge on any atom is 0 e. The van der Waals surface area contributed by atoms with Crippen molar-refractivity contribution in [1.29, 1.82) is 0 Å². The monoisotopic (exact) mass is 696 g/mol. The molecule has 1 N–H and O–H groups in total. The second kappa shape index (κ2) is 41.7. The molecule has 0 heterocycles. The van der Waals surface area contributed by atoms with E-state index in [1.165, 1.54) is 0 Å². The molecule has 12 heteroatoms. The van der Waals surface area contributed by atoms with Gasteiger partial charge in [-0.2, -0.15) is 0 Å². The van der Waals surface area contributed by atoms with Crippen LogP contribution in [0.2, 0.25) is 19.6 Å². The molecule has 0 saturated heterocycles. The maximum absolute atomic E-state index is 10.8. The SMILES string of the molecule is CC(O)(C#C[Si](C)(C)C)C[C@H](CCOCc1ccccc1)OCc1ccccc1.[C-]#[O+].[C-]#[O+].[C-]#[O+].[C-]#[O+].[C-]#[O+].[C-]#[O+].[Co].[Co]. The first-order valence-electron chi connectivity index (χ1n) is 11.5. The van der Waals surface area contributed by atoms with Crippen molar-refractivity contribution in [3.8, 4) is 11.5 Å². The Kier molecular flexibility index (Phi) is 54.6. The Bertz CT molecular complexity index is 1000. The average Bonchev–Trinajstić information content (AvgIpc) is 3.03. The van der Waals surface area contributed by atoms with Gasteiger partial charge in [-0.15, -0.1) is 5.54 Å². The summed E-state index contributed by atoms with van der Waals surface area (Å²) in [5.74, 6) is 3.09. The third kappa shape index (κ3) is 39.5. The van der Waals surface area contributed by atoms with Crippen LogP contribution in [-0.2, 0) is 84.2 Å². The van der Waals surface area contributed by atoms with Crippen LogP contribution >= 0.6 is 0 Å². The third-order valence-electron chi connectivity index (χ3n) is 4.36. The molecular weight excluding hydrogens is 662 g/mol. The molecule has 0 fully saturated rings. The molecule has 0 aliphatic heterocycles. The summed E-state index contributed by atoms with van der Waals surface area (Å²) in [5, 5.41) is 10.8. The van der Waals surface area contributed by atoms with Crippen molar-refractivity contribution in [2.75, 3.05) is 6.61 Å². The van der Waals surface area contributed by atoms with Crippen LogP contribution in [0.15, 0.2) is 60.7 Å². The van der Waals surface area contributed by atoms with E-state index in [0.717, 1.165) is 11.1 Å². The minimum Gasteiger partial charge on any atom is 0 e. The molecule has 0 amide bonds. The molecule has 234 valence electrons. The Morgan fingerprint density at radius 2 is 1.09 bits per heavy atom. The van der Waals surface area contributed by atoms with Crippen molar-refractivity contribution in [1.82, 2.24) is 0 Å². The second-order valence-electron chi connectivity index (χ2n) is 8.72. The average molecular weight is 697 g/mol. The minimum absolute atomic E-state index is 0. The van der Waals surface area contributed by atoms with Crippen LogP contribution in [0.3, 0.4) is 0 Å². The summed E-state index contributed by atoms with van der Waals surface area (Å²) in [7, 11) is -1.54. The number of rotatable bonds is 10. The first-order chi connectivity index (χ1) is 19.7. The van der Waals surface area contributed by atoms with E-state index >= 15 is 0 Å². The van der Waals surface area contributed by atoms with E-state index in [0.29, 0.717) is 32.7 Å². The van der Waals surface area contributed by atoms with Gasteiger partial charge in [-0.25, -0.2) is 0 Å². The number of hydrogen-bond donors (Lipinski definition) is 1. The first kappa shape index (κ1) is 56.4. The van der Waals surface area contributed by atoms with E-state index in [1.54, 1.807) is 6.92 Å². The Hall–Kier alpha value is -2.45. The summed E-state index contributed by atoms with van der Waals surface area (Å²) < 4.78 is 57.0. The second-order valence-corrected chi connectivity index (χ2v) is 13.5. The van der Waals surface area contributed by atoms with Gasteiger partial charge in [0.2, 0.25) is 0 Å². The van der Waals surface area contributed by atoms with Gasteiger partial charge in [-0.1, -0.05) is 86.2 Å². The fourth-order valence-electron chi connectivity index (χ4n) is 2.83. The standard InChI is InChI=1S/C25H34O3Si.6CO.2Co/c1-25(26,16-18-29(2,3)4)19-24(28-21-23-13-9-6-10-14-23)15-17-27-20-22-11-7-5-8-12-22;6*1-2;;/h5-14,24,26H,15,17,19-21H2,1-4H3;;;;;;;;/t24-,25?;;;;;;;;/m0......../s1. The zero-order chi connectivity index (χ0) is 33.2. The number of aliphatic hydroxyl groups is 1. The van der Waals surface area contributed by atoms with Crippen LogP contribution in [0.4, 0.5) is 0 Å². The van der Waals surface area contributed by atoms with E-state index in [4.69, 9.17) is 37.4 Å². The minimum atomic E-state index is -1.54. The van der Waals surface area contributed by atoms with E-state index < -0.39 is 13.7 Å². The molecule has 0 aromatic heterocycles. The normalized spacial score (nSPS) is 10.1. The topological polar surface area (TPSA) is 158 Å². The molecule has 0 aliphatic carbocycles. The number of benzene rings is 2. The molecule has 0 saturated carbocycles. The van der Waals surface area contributed by atoms with Crippen molar-refractivity contribution >= 4 is 8.07 Å². The molecular formula is C31H34Co2O9Si. The molecule has 43 heavy (non-hydrogen) atoms. The van der Waals surface area contributed by atoms with Gasteiger partial charge in [-0.3, -0.25) is 0 Å². The zero-order valence-corrected chi connectivity index (χ0v) is 27.3. The summed E-state index contributed by atoms with van der Waals surface area (Å²) in [6.45, 7) is 37.0. The first-order valence-corrected chi connectivity index (χ1v) is 15.0. The van der Waals surface area contributed by atoms with Crippen LogP contribution in [0.25, 0.3) is 0 Å². The maximum atomic E-state index is 10.8. The summed E-state index contributed by atoms with van der Waals surface area (Å²) in [6, 6.07) is 20.2. The zero-order valence-electron chi connectivity index (χ0n) is 24.3. The van der Waals surface area contributed by atoms with Crippen LogP contribution in [0, 0.1) is 51.4 Å². The van der Waals surface area contributed by atoms with Crippen LogP contribution in [0.5, 0.6) is 0 Å². The Balaban J connectivity index is -0.000000165. The molecule has 2 atom stereocenters. The van der Waals surface area contributed by atoms with Crippen molar-refractivity contribution < 1.29 is 76.1 Å². The fraction of sp³-hybridized carbons (Fsp3) is 0.355. The van der Waals surface area contributed by atoms with Crippen molar-refractivity contribution in [2.45, 2.75) is 64.3 Å². The van der Waals surface area contributed by atoms with Gasteiger partial charge in [0.15, 0.2) is 0 Å². The van der Waals surface area contributed by atoms with Gasteiger partial charge >= 0.3 is 67.8 Å². The smallest absolute Gasteiger partial charge is 0 e. The van der Waals surface area contributed by atoms with Crippen molar-refractivity contribution in [3.63, 3.8) is 0 Å². The molecule has 2 aromatic rings. The molecule has 2 radical (unpaired) electrons. The van der Waals surface area contributed by atoms with Crippen LogP contribution in [0.1, 0.15) is 30.9 Å². The van der Waals surface area contributed by atoms with Crippen molar-refractivity contribution in [2.24, 2.45) is 0 Å². The van der Waals surface area contributed by atoms with Gasteiger partial charge < -0.3 is 14.6 Å². The number of hydrogen-bond acceptors (Lipinski definition) is 3. The molecule has 2 aromatic carbocycles. The van der Waals surface area contributed by atoms with Gasteiger partial charge in [0.25, 0.3) is 0 Å². The third-order valence-corrected chi connectivity index (χ3v) is 5.23. The largest absolute Gasteiger partial charge is 0 e. The van der Waals surface area contributed by atoms with E-state index in [9.17, 15) is 5.11 Å². The van der Waals surface area contributed by atoms with E-state index in [2.05, 4.69) is 83.1 Å². The van der Waals surface area contributed by atoms with Gasteiger partial charge in [0, 0.05) is 46.6 Å². The van der Waals surface area contributed by atoms with Crippen LogP contribution < -0.4 is 0 Å². The molecule has 2 rings (SSSR count). The predicted octanol–water partition coefficient (Wildman–Crippen LogP) is 4.97. The Morgan fingerprint density at radius 1 is 0.721 bits per heavy atom. The Labute approximate surface area is 277 Å². The van der Waals surface area contributed by atoms with Gasteiger partial charge in [0.1, 0.15) is 13.7 Å². The molecule has 0 aliphatic rings. The molecule has 1 unspecified atom stereocenters. The van der Waals surface area contributed by atoms with Crippen molar-refractivity contribution in [3.05, 3.63) is 112 Å². The predicted molar refractivity (Wildman–Crippen MR) is 146 cm³/mol.